The maximum absolute atomic E-state index is 10.2. The molecule has 0 aliphatic carbocycles. The number of piperidine rings is 1. The normalized spacial score (nSPS) is 22.8. The van der Waals surface area contributed by atoms with Gasteiger partial charge in [0.1, 0.15) is 0 Å². The lowest BCUT2D eigenvalue weighted by atomic mass is 10.0. The molecule has 0 aromatic rings. The van der Waals surface area contributed by atoms with E-state index in [9.17, 15) is 4.79 Å². The molecule has 1 rings (SSSR count). The first-order valence-electron chi connectivity index (χ1n) is 4.24. The Balaban J connectivity index is 0.00000121. The van der Waals surface area contributed by atoms with E-state index in [0.29, 0.717) is 12.5 Å². The Kier molecular flexibility index (Phi) is 6.11. The van der Waals surface area contributed by atoms with E-state index in [0.717, 1.165) is 19.4 Å². The van der Waals surface area contributed by atoms with Crippen molar-refractivity contribution in [2.45, 2.75) is 38.1 Å². The average Bonchev–Trinajstić information content (AvgIpc) is 2.03. The molecule has 0 amide bonds. The fourth-order valence-corrected chi connectivity index (χ4v) is 1.47. The van der Waals surface area contributed by atoms with Gasteiger partial charge >= 0.3 is 5.97 Å². The monoisotopic (exact) mass is 193 g/mol. The van der Waals surface area contributed by atoms with Crippen molar-refractivity contribution >= 4 is 18.4 Å². The number of carboxylic acid groups (broad SMARTS) is 1. The SMILES string of the molecule is Cl.O=C(O)CCC1CCCCN1. The van der Waals surface area contributed by atoms with E-state index >= 15 is 0 Å². The van der Waals surface area contributed by atoms with Gasteiger partial charge in [0.25, 0.3) is 0 Å². The lowest BCUT2D eigenvalue weighted by Gasteiger charge is -2.22. The summed E-state index contributed by atoms with van der Waals surface area (Å²) in [6, 6.07) is 0.458. The molecule has 0 bridgehead atoms. The maximum atomic E-state index is 10.2. The van der Waals surface area contributed by atoms with E-state index in [2.05, 4.69) is 5.32 Å². The molecular formula is C8H16ClNO2. The molecule has 0 spiro atoms. The lowest BCUT2D eigenvalue weighted by molar-refractivity contribution is -0.137. The highest BCUT2D eigenvalue weighted by Crippen LogP contribution is 2.11. The predicted octanol–water partition coefficient (Wildman–Crippen LogP) is 1.42. The second-order valence-corrected chi connectivity index (χ2v) is 3.08. The van der Waals surface area contributed by atoms with Crippen molar-refractivity contribution < 1.29 is 9.90 Å². The number of hydrogen-bond donors (Lipinski definition) is 2. The Morgan fingerprint density at radius 3 is 2.75 bits per heavy atom. The van der Waals surface area contributed by atoms with Gasteiger partial charge in [-0.1, -0.05) is 6.42 Å². The molecule has 12 heavy (non-hydrogen) atoms. The van der Waals surface area contributed by atoms with Crippen LogP contribution in [0.1, 0.15) is 32.1 Å². The van der Waals surface area contributed by atoms with Gasteiger partial charge in [0.05, 0.1) is 0 Å². The van der Waals surface area contributed by atoms with Crippen molar-refractivity contribution in [2.24, 2.45) is 0 Å². The van der Waals surface area contributed by atoms with Gasteiger partial charge in [0.15, 0.2) is 0 Å². The van der Waals surface area contributed by atoms with Crippen LogP contribution in [0.2, 0.25) is 0 Å². The summed E-state index contributed by atoms with van der Waals surface area (Å²) in [5.74, 6) is -0.683. The lowest BCUT2D eigenvalue weighted by Crippen LogP contribution is -2.34. The van der Waals surface area contributed by atoms with Crippen LogP contribution < -0.4 is 5.32 Å². The van der Waals surface area contributed by atoms with E-state index in [1.807, 2.05) is 0 Å². The summed E-state index contributed by atoms with van der Waals surface area (Å²) < 4.78 is 0. The van der Waals surface area contributed by atoms with E-state index in [4.69, 9.17) is 5.11 Å². The number of aliphatic carboxylic acids is 1. The smallest absolute Gasteiger partial charge is 0.303 e. The van der Waals surface area contributed by atoms with Gasteiger partial charge in [-0.05, 0) is 25.8 Å². The van der Waals surface area contributed by atoms with Gasteiger partial charge < -0.3 is 10.4 Å². The molecule has 0 aromatic carbocycles. The van der Waals surface area contributed by atoms with Crippen LogP contribution in [0, 0.1) is 0 Å². The van der Waals surface area contributed by atoms with Crippen LogP contribution in [0.5, 0.6) is 0 Å². The van der Waals surface area contributed by atoms with Crippen LogP contribution in [0.3, 0.4) is 0 Å². The summed E-state index contributed by atoms with van der Waals surface area (Å²) in [6.07, 6.45) is 4.72. The highest BCUT2D eigenvalue weighted by Gasteiger charge is 2.12. The van der Waals surface area contributed by atoms with E-state index < -0.39 is 5.97 Å². The zero-order valence-electron chi connectivity index (χ0n) is 7.08. The van der Waals surface area contributed by atoms with Gasteiger partial charge in [-0.3, -0.25) is 4.79 Å². The Morgan fingerprint density at radius 2 is 2.25 bits per heavy atom. The number of hydrogen-bond acceptors (Lipinski definition) is 2. The fraction of sp³-hybridized carbons (Fsp3) is 0.875. The van der Waals surface area contributed by atoms with Gasteiger partial charge in [0, 0.05) is 12.5 Å². The Hall–Kier alpha value is -0.280. The zero-order valence-corrected chi connectivity index (χ0v) is 7.90. The molecule has 72 valence electrons. The zero-order chi connectivity index (χ0) is 8.10. The Labute approximate surface area is 78.9 Å². The minimum absolute atomic E-state index is 0. The van der Waals surface area contributed by atoms with Crippen molar-refractivity contribution in [3.05, 3.63) is 0 Å². The first kappa shape index (κ1) is 11.7. The molecule has 1 fully saturated rings. The number of halogens is 1. The number of nitrogens with one attached hydrogen (secondary N) is 1. The van der Waals surface area contributed by atoms with Gasteiger partial charge in [0.2, 0.25) is 0 Å². The minimum atomic E-state index is -0.683. The van der Waals surface area contributed by atoms with Crippen LogP contribution >= 0.6 is 12.4 Å². The second kappa shape index (κ2) is 6.26. The molecule has 4 heteroatoms. The number of carboxylic acids is 1. The molecule has 0 saturated carbocycles. The number of carbonyl (C=O) groups is 1. The van der Waals surface area contributed by atoms with E-state index in [-0.39, 0.29) is 12.4 Å². The summed E-state index contributed by atoms with van der Waals surface area (Å²) in [7, 11) is 0. The molecule has 3 nitrogen and oxygen atoms in total. The van der Waals surface area contributed by atoms with E-state index in [1.54, 1.807) is 0 Å². The topological polar surface area (TPSA) is 49.3 Å². The first-order valence-corrected chi connectivity index (χ1v) is 4.24. The molecule has 0 radical (unpaired) electrons. The van der Waals surface area contributed by atoms with Crippen molar-refractivity contribution in [1.82, 2.24) is 5.32 Å². The molecule has 2 N–H and O–H groups in total. The third kappa shape index (κ3) is 4.57. The highest BCUT2D eigenvalue weighted by atomic mass is 35.5. The van der Waals surface area contributed by atoms with E-state index in [1.165, 1.54) is 12.8 Å². The third-order valence-corrected chi connectivity index (χ3v) is 2.12. The quantitative estimate of drug-likeness (QED) is 0.713. The standard InChI is InChI=1S/C8H15NO2.ClH/c10-8(11)5-4-7-3-1-2-6-9-7;/h7,9H,1-6H2,(H,10,11);1H. The van der Waals surface area contributed by atoms with Gasteiger partial charge in [-0.25, -0.2) is 0 Å². The third-order valence-electron chi connectivity index (χ3n) is 2.12. The Morgan fingerprint density at radius 1 is 1.50 bits per heavy atom. The van der Waals surface area contributed by atoms with Crippen LogP contribution in [-0.4, -0.2) is 23.7 Å². The Bertz CT molecular complexity index is 135. The molecule has 1 aliphatic rings. The van der Waals surface area contributed by atoms with Crippen molar-refractivity contribution in [3.8, 4) is 0 Å². The molecule has 1 unspecified atom stereocenters. The summed E-state index contributed by atoms with van der Waals surface area (Å²) in [6.45, 7) is 1.06. The van der Waals surface area contributed by atoms with Crippen molar-refractivity contribution in [3.63, 3.8) is 0 Å². The maximum Gasteiger partial charge on any atom is 0.303 e. The van der Waals surface area contributed by atoms with Crippen LogP contribution in [0.4, 0.5) is 0 Å². The average molecular weight is 194 g/mol. The largest absolute Gasteiger partial charge is 0.481 e. The predicted molar refractivity (Wildman–Crippen MR) is 49.8 cm³/mol. The molecule has 1 atom stereocenters. The summed E-state index contributed by atoms with van der Waals surface area (Å²) in [4.78, 5) is 10.2. The molecule has 1 saturated heterocycles. The first-order chi connectivity index (χ1) is 5.29. The van der Waals surface area contributed by atoms with Crippen LogP contribution in [-0.2, 0) is 4.79 Å². The number of rotatable bonds is 3. The summed E-state index contributed by atoms with van der Waals surface area (Å²) in [5.41, 5.74) is 0. The second-order valence-electron chi connectivity index (χ2n) is 3.08. The highest BCUT2D eigenvalue weighted by molar-refractivity contribution is 5.85. The van der Waals surface area contributed by atoms with Crippen LogP contribution in [0.15, 0.2) is 0 Å². The molecule has 1 heterocycles. The fourth-order valence-electron chi connectivity index (χ4n) is 1.47. The van der Waals surface area contributed by atoms with Crippen LogP contribution in [0.25, 0.3) is 0 Å². The minimum Gasteiger partial charge on any atom is -0.481 e. The van der Waals surface area contributed by atoms with Crippen molar-refractivity contribution in [1.29, 1.82) is 0 Å². The van der Waals surface area contributed by atoms with Gasteiger partial charge in [-0.15, -0.1) is 12.4 Å². The summed E-state index contributed by atoms with van der Waals surface area (Å²) >= 11 is 0. The van der Waals surface area contributed by atoms with Gasteiger partial charge in [-0.2, -0.15) is 0 Å². The molecule has 1 aliphatic heterocycles. The van der Waals surface area contributed by atoms with Crippen molar-refractivity contribution in [2.75, 3.05) is 6.54 Å². The molecule has 0 aromatic heterocycles. The summed E-state index contributed by atoms with van der Waals surface area (Å²) in [5, 5.41) is 11.7. The molecular weight excluding hydrogens is 178 g/mol.